The number of pyridine rings is 1. The Balaban J connectivity index is 1.40. The summed E-state index contributed by atoms with van der Waals surface area (Å²) in [5.41, 5.74) is 0.624. The summed E-state index contributed by atoms with van der Waals surface area (Å²) in [5, 5.41) is 15.8. The smallest absolute Gasteiger partial charge is 0.317 e. The van der Waals surface area contributed by atoms with Crippen LogP contribution < -0.4 is 5.32 Å². The average molecular weight is 373 g/mol. The molecule has 1 amide bonds. The van der Waals surface area contributed by atoms with Gasteiger partial charge in [0, 0.05) is 31.1 Å². The van der Waals surface area contributed by atoms with Crippen LogP contribution in [0.15, 0.2) is 28.9 Å². The van der Waals surface area contributed by atoms with Gasteiger partial charge >= 0.3 is 5.97 Å². The predicted octanol–water partition coefficient (Wildman–Crippen LogP) is 1.12. The number of amides is 1. The largest absolute Gasteiger partial charge is 0.480 e. The highest BCUT2D eigenvalue weighted by molar-refractivity contribution is 5.76. The molecule has 3 rings (SSSR count). The molecule has 1 fully saturated rings. The van der Waals surface area contributed by atoms with Gasteiger partial charge in [-0.25, -0.2) is 0 Å². The van der Waals surface area contributed by atoms with Gasteiger partial charge in [-0.2, -0.15) is 4.98 Å². The Bertz CT molecular complexity index is 773. The van der Waals surface area contributed by atoms with Crippen LogP contribution >= 0.6 is 0 Å². The molecule has 0 radical (unpaired) electrons. The van der Waals surface area contributed by atoms with Crippen molar-refractivity contribution in [2.45, 2.75) is 44.7 Å². The Kier molecular flexibility index (Phi) is 6.12. The lowest BCUT2D eigenvalue weighted by molar-refractivity contribution is -0.139. The summed E-state index contributed by atoms with van der Waals surface area (Å²) in [5.74, 6) is -0.0897. The maximum absolute atomic E-state index is 12.1. The molecular weight excluding hydrogens is 350 g/mol. The molecule has 2 N–H and O–H groups in total. The van der Waals surface area contributed by atoms with Crippen molar-refractivity contribution in [3.63, 3.8) is 0 Å². The maximum atomic E-state index is 12.1. The summed E-state index contributed by atoms with van der Waals surface area (Å²) in [7, 11) is 0. The number of hydrogen-bond donors (Lipinski definition) is 2. The highest BCUT2D eigenvalue weighted by Gasteiger charge is 2.34. The van der Waals surface area contributed by atoms with Crippen molar-refractivity contribution in [3.05, 3.63) is 30.3 Å². The molecule has 0 unspecified atom stereocenters. The van der Waals surface area contributed by atoms with Crippen molar-refractivity contribution in [1.82, 2.24) is 25.3 Å². The van der Waals surface area contributed by atoms with Gasteiger partial charge in [-0.1, -0.05) is 18.1 Å². The van der Waals surface area contributed by atoms with E-state index in [1.165, 1.54) is 0 Å². The third-order valence-electron chi connectivity index (χ3n) is 4.67. The molecule has 2 aromatic heterocycles. The van der Waals surface area contributed by atoms with Crippen molar-refractivity contribution < 1.29 is 19.2 Å². The van der Waals surface area contributed by atoms with Gasteiger partial charge in [-0.3, -0.25) is 19.5 Å². The summed E-state index contributed by atoms with van der Waals surface area (Å²) in [4.78, 5) is 33.3. The van der Waals surface area contributed by atoms with Crippen LogP contribution in [0.25, 0.3) is 11.5 Å². The highest BCUT2D eigenvalue weighted by atomic mass is 16.5. The molecule has 0 saturated heterocycles. The molecule has 2 aromatic rings. The van der Waals surface area contributed by atoms with E-state index >= 15 is 0 Å². The number of carboxylic acid groups (broad SMARTS) is 1. The second kappa shape index (κ2) is 8.72. The number of aryl methyl sites for hydroxylation is 1. The molecule has 0 atom stereocenters. The van der Waals surface area contributed by atoms with E-state index in [9.17, 15) is 9.59 Å². The van der Waals surface area contributed by atoms with E-state index < -0.39 is 5.97 Å². The van der Waals surface area contributed by atoms with Crippen LogP contribution in [0.4, 0.5) is 0 Å². The van der Waals surface area contributed by atoms with Gasteiger partial charge in [0.1, 0.15) is 5.69 Å². The quantitative estimate of drug-likeness (QED) is 0.671. The molecule has 9 nitrogen and oxygen atoms in total. The van der Waals surface area contributed by atoms with Crippen LogP contribution in [0.1, 0.15) is 32.1 Å². The van der Waals surface area contributed by atoms with Gasteiger partial charge in [0.25, 0.3) is 0 Å². The Labute approximate surface area is 156 Å². The first-order valence-corrected chi connectivity index (χ1v) is 9.04. The van der Waals surface area contributed by atoms with Gasteiger partial charge in [0.05, 0.1) is 6.54 Å². The van der Waals surface area contributed by atoms with Crippen molar-refractivity contribution in [3.8, 4) is 11.5 Å². The number of aromatic nitrogens is 3. The number of nitrogens with zero attached hydrogens (tertiary/aromatic N) is 4. The summed E-state index contributed by atoms with van der Waals surface area (Å²) in [6.07, 6.45) is 3.83. The first kappa shape index (κ1) is 19.0. The molecule has 1 saturated carbocycles. The van der Waals surface area contributed by atoms with Crippen molar-refractivity contribution >= 4 is 11.9 Å². The molecule has 1 aliphatic rings. The topological polar surface area (TPSA) is 121 Å². The van der Waals surface area contributed by atoms with E-state index in [4.69, 9.17) is 9.63 Å². The molecular formula is C18H23N5O4. The summed E-state index contributed by atoms with van der Waals surface area (Å²) < 4.78 is 5.17. The average Bonchev–Trinajstić information content (AvgIpc) is 3.10. The lowest BCUT2D eigenvalue weighted by Gasteiger charge is -2.42. The zero-order valence-corrected chi connectivity index (χ0v) is 15.2. The van der Waals surface area contributed by atoms with Crippen molar-refractivity contribution in [2.24, 2.45) is 0 Å². The molecule has 1 aliphatic carbocycles. The molecule has 27 heavy (non-hydrogen) atoms. The molecule has 0 aromatic carbocycles. The van der Waals surface area contributed by atoms with Crippen molar-refractivity contribution in [1.29, 1.82) is 0 Å². The maximum Gasteiger partial charge on any atom is 0.317 e. The van der Waals surface area contributed by atoms with Gasteiger partial charge in [-0.05, 0) is 31.5 Å². The molecule has 9 heteroatoms. The number of carboxylic acids is 1. The lowest BCUT2D eigenvalue weighted by Crippen LogP contribution is -2.54. The van der Waals surface area contributed by atoms with Crippen LogP contribution in [-0.2, 0) is 16.0 Å². The first-order valence-electron chi connectivity index (χ1n) is 9.04. The Hall–Kier alpha value is -2.81. The fourth-order valence-electron chi connectivity index (χ4n) is 3.15. The number of hydrogen-bond acceptors (Lipinski definition) is 7. The third-order valence-corrected chi connectivity index (χ3v) is 4.67. The van der Waals surface area contributed by atoms with Crippen molar-refractivity contribution in [2.75, 3.05) is 13.1 Å². The van der Waals surface area contributed by atoms with Crippen LogP contribution in [0.2, 0.25) is 0 Å². The number of carbonyl (C=O) groups excluding carboxylic acids is 1. The van der Waals surface area contributed by atoms with Gasteiger partial charge in [-0.15, -0.1) is 0 Å². The van der Waals surface area contributed by atoms with Gasteiger partial charge in [0.15, 0.2) is 0 Å². The highest BCUT2D eigenvalue weighted by Crippen LogP contribution is 2.25. The SMILES string of the molecule is CCN(CC(=O)O)C1CC(NC(=O)CCc2nc(-c3ccccn3)no2)C1. The molecule has 2 heterocycles. The number of carbonyl (C=O) groups is 2. The summed E-state index contributed by atoms with van der Waals surface area (Å²) in [6.45, 7) is 2.67. The molecule has 0 spiro atoms. The lowest BCUT2D eigenvalue weighted by atomic mass is 9.85. The summed E-state index contributed by atoms with van der Waals surface area (Å²) in [6, 6.07) is 5.75. The zero-order valence-electron chi connectivity index (χ0n) is 15.2. The van der Waals surface area contributed by atoms with Crippen LogP contribution in [0.5, 0.6) is 0 Å². The standard InChI is InChI=1S/C18H23N5O4/c1-2-23(11-17(25)26)13-9-12(10-13)20-15(24)6-7-16-21-18(22-27-16)14-5-3-4-8-19-14/h3-5,8,12-13H,2,6-7,9-11H2,1H3,(H,20,24)(H,25,26). The number of aliphatic carboxylic acids is 1. The van der Waals surface area contributed by atoms with E-state index in [1.54, 1.807) is 18.3 Å². The number of rotatable bonds is 9. The second-order valence-electron chi connectivity index (χ2n) is 6.57. The zero-order chi connectivity index (χ0) is 19.2. The van der Waals surface area contributed by atoms with E-state index in [-0.39, 0.29) is 31.0 Å². The minimum Gasteiger partial charge on any atom is -0.480 e. The molecule has 144 valence electrons. The number of likely N-dealkylation sites (N-methyl/N-ethyl adjacent to an activating group) is 1. The van der Waals surface area contributed by atoms with Crippen LogP contribution in [0.3, 0.4) is 0 Å². The van der Waals surface area contributed by atoms with E-state index in [1.807, 2.05) is 17.9 Å². The fraction of sp³-hybridized carbons (Fsp3) is 0.500. The van der Waals surface area contributed by atoms with Gasteiger partial charge < -0.3 is 14.9 Å². The third kappa shape index (κ3) is 5.10. The normalized spacial score (nSPS) is 18.9. The predicted molar refractivity (Wildman–Crippen MR) is 95.7 cm³/mol. The Morgan fingerprint density at radius 1 is 1.37 bits per heavy atom. The first-order chi connectivity index (χ1) is 13.0. The minimum atomic E-state index is -0.825. The fourth-order valence-corrected chi connectivity index (χ4v) is 3.15. The monoisotopic (exact) mass is 373 g/mol. The second-order valence-corrected chi connectivity index (χ2v) is 6.57. The molecule has 0 aliphatic heterocycles. The van der Waals surface area contributed by atoms with E-state index in [0.717, 1.165) is 12.8 Å². The Morgan fingerprint density at radius 3 is 2.85 bits per heavy atom. The number of nitrogens with one attached hydrogen (secondary N) is 1. The van der Waals surface area contributed by atoms with Crippen LogP contribution in [-0.4, -0.2) is 62.2 Å². The molecule has 0 bridgehead atoms. The van der Waals surface area contributed by atoms with E-state index in [0.29, 0.717) is 30.4 Å². The van der Waals surface area contributed by atoms with E-state index in [2.05, 4.69) is 20.4 Å². The van der Waals surface area contributed by atoms with Gasteiger partial charge in [0.2, 0.25) is 17.6 Å². The Morgan fingerprint density at radius 2 is 2.19 bits per heavy atom. The minimum absolute atomic E-state index is 0.0393. The summed E-state index contributed by atoms with van der Waals surface area (Å²) >= 11 is 0. The van der Waals surface area contributed by atoms with Crippen LogP contribution in [0, 0.1) is 0 Å².